The van der Waals surface area contributed by atoms with Crippen LogP contribution in [-0.4, -0.2) is 9.91 Å². The van der Waals surface area contributed by atoms with Crippen LogP contribution < -0.4 is 5.32 Å². The Hall–Kier alpha value is -1.89. The zero-order valence-corrected chi connectivity index (χ0v) is 11.1. The van der Waals surface area contributed by atoms with Gasteiger partial charge in [-0.1, -0.05) is 0 Å². The molecule has 2 rings (SSSR count). The summed E-state index contributed by atoms with van der Waals surface area (Å²) in [4.78, 5) is 14.1. The number of thiazole rings is 1. The molecule has 96 valence electrons. The van der Waals surface area contributed by atoms with Crippen molar-refractivity contribution in [3.05, 3.63) is 39.5 Å². The van der Waals surface area contributed by atoms with Crippen molar-refractivity contribution in [3.8, 4) is 0 Å². The highest BCUT2D eigenvalue weighted by Gasteiger charge is 2.16. The average Bonchev–Trinajstić information content (AvgIpc) is 2.85. The summed E-state index contributed by atoms with van der Waals surface area (Å²) in [5.74, 6) is 1.69. The van der Waals surface area contributed by atoms with E-state index in [2.05, 4.69) is 10.3 Å². The molecule has 2 aromatic rings. The maximum Gasteiger partial charge on any atom is 0.345 e. The number of aromatic nitrogens is 1. The number of nitro groups is 1. The van der Waals surface area contributed by atoms with Crippen molar-refractivity contribution in [3.63, 3.8) is 0 Å². The topological polar surface area (TPSA) is 81.2 Å². The molecule has 0 amide bonds. The van der Waals surface area contributed by atoms with Crippen molar-refractivity contribution in [1.82, 2.24) is 4.98 Å². The molecule has 0 aromatic carbocycles. The van der Waals surface area contributed by atoms with Gasteiger partial charge in [-0.05, 0) is 38.2 Å². The lowest BCUT2D eigenvalue weighted by atomic mass is 10.1. The highest BCUT2D eigenvalue weighted by atomic mass is 32.1. The first-order chi connectivity index (χ1) is 8.47. The SMILES string of the molecule is Cc1cc([C@@H](C)Nc2ncc([N+](=O)[O-])s2)c(C)o1. The van der Waals surface area contributed by atoms with Crippen LogP contribution in [0.5, 0.6) is 0 Å². The molecule has 2 heterocycles. The molecular weight excluding hydrogens is 254 g/mol. The van der Waals surface area contributed by atoms with Gasteiger partial charge in [0, 0.05) is 5.56 Å². The molecule has 0 saturated carbocycles. The molecule has 2 aromatic heterocycles. The number of aryl methyl sites for hydroxylation is 2. The molecule has 7 heteroatoms. The van der Waals surface area contributed by atoms with Crippen molar-refractivity contribution in [2.45, 2.75) is 26.8 Å². The second-order valence-corrected chi connectivity index (χ2v) is 5.00. The Bertz CT molecular complexity index is 576. The van der Waals surface area contributed by atoms with E-state index in [0.717, 1.165) is 28.4 Å². The predicted molar refractivity (Wildman–Crippen MR) is 69.0 cm³/mol. The summed E-state index contributed by atoms with van der Waals surface area (Å²) < 4.78 is 5.45. The summed E-state index contributed by atoms with van der Waals surface area (Å²) in [5.41, 5.74) is 1.03. The summed E-state index contributed by atoms with van der Waals surface area (Å²) in [6.07, 6.45) is 1.26. The van der Waals surface area contributed by atoms with E-state index >= 15 is 0 Å². The molecule has 1 N–H and O–H groups in total. The van der Waals surface area contributed by atoms with Gasteiger partial charge >= 0.3 is 5.00 Å². The zero-order valence-electron chi connectivity index (χ0n) is 10.3. The Labute approximate surface area is 108 Å². The minimum absolute atomic E-state index is 0.00629. The van der Waals surface area contributed by atoms with Gasteiger partial charge in [0.15, 0.2) is 5.13 Å². The Morgan fingerprint density at radius 1 is 1.56 bits per heavy atom. The smallest absolute Gasteiger partial charge is 0.345 e. The van der Waals surface area contributed by atoms with Gasteiger partial charge in [0.25, 0.3) is 0 Å². The van der Waals surface area contributed by atoms with Crippen LogP contribution >= 0.6 is 11.3 Å². The van der Waals surface area contributed by atoms with Crippen molar-refractivity contribution >= 4 is 21.5 Å². The van der Waals surface area contributed by atoms with Crippen LogP contribution in [0.25, 0.3) is 0 Å². The Kier molecular flexibility index (Phi) is 3.33. The molecule has 1 atom stereocenters. The number of furan rings is 1. The van der Waals surface area contributed by atoms with Crippen molar-refractivity contribution in [1.29, 1.82) is 0 Å². The summed E-state index contributed by atoms with van der Waals surface area (Å²) in [7, 11) is 0. The number of anilines is 1. The number of rotatable bonds is 4. The third kappa shape index (κ3) is 2.51. The molecule has 0 unspecified atom stereocenters. The summed E-state index contributed by atoms with van der Waals surface area (Å²) >= 11 is 1.02. The minimum atomic E-state index is -0.444. The lowest BCUT2D eigenvalue weighted by Gasteiger charge is -2.11. The predicted octanol–water partition coefficient (Wildman–Crippen LogP) is 3.43. The second-order valence-electron chi connectivity index (χ2n) is 4.00. The van der Waals surface area contributed by atoms with Gasteiger partial charge in [-0.15, -0.1) is 0 Å². The van der Waals surface area contributed by atoms with E-state index < -0.39 is 4.92 Å². The zero-order chi connectivity index (χ0) is 13.3. The monoisotopic (exact) mass is 267 g/mol. The molecule has 0 bridgehead atoms. The molecule has 0 fully saturated rings. The fourth-order valence-corrected chi connectivity index (χ4v) is 2.48. The lowest BCUT2D eigenvalue weighted by molar-refractivity contribution is -0.380. The van der Waals surface area contributed by atoms with Gasteiger partial charge in [-0.2, -0.15) is 0 Å². The van der Waals surface area contributed by atoms with Gasteiger partial charge in [0.1, 0.15) is 17.7 Å². The lowest BCUT2D eigenvalue weighted by Crippen LogP contribution is -2.06. The molecule has 0 saturated heterocycles. The van der Waals surface area contributed by atoms with Gasteiger partial charge in [-0.3, -0.25) is 10.1 Å². The quantitative estimate of drug-likeness (QED) is 0.678. The van der Waals surface area contributed by atoms with Gasteiger partial charge < -0.3 is 9.73 Å². The molecule has 0 aliphatic carbocycles. The maximum atomic E-state index is 10.6. The largest absolute Gasteiger partial charge is 0.466 e. The number of nitrogens with one attached hydrogen (secondary N) is 1. The first-order valence-electron chi connectivity index (χ1n) is 5.41. The Balaban J connectivity index is 2.13. The van der Waals surface area contributed by atoms with Crippen LogP contribution in [0, 0.1) is 24.0 Å². The van der Waals surface area contributed by atoms with E-state index in [0.29, 0.717) is 5.13 Å². The molecule has 18 heavy (non-hydrogen) atoms. The van der Waals surface area contributed by atoms with Crippen LogP contribution in [0.4, 0.5) is 10.1 Å². The first-order valence-corrected chi connectivity index (χ1v) is 6.22. The summed E-state index contributed by atoms with van der Waals surface area (Å²) in [5, 5.41) is 14.3. The van der Waals surface area contributed by atoms with Crippen molar-refractivity contribution in [2.75, 3.05) is 5.32 Å². The molecular formula is C11H13N3O3S. The maximum absolute atomic E-state index is 10.6. The fraction of sp³-hybridized carbons (Fsp3) is 0.364. The second kappa shape index (κ2) is 4.77. The van der Waals surface area contributed by atoms with E-state index in [1.807, 2.05) is 26.8 Å². The number of hydrogen-bond acceptors (Lipinski definition) is 6. The first kappa shape index (κ1) is 12.6. The number of nitrogens with zero attached hydrogens (tertiary/aromatic N) is 2. The van der Waals surface area contributed by atoms with Gasteiger partial charge in [0.05, 0.1) is 11.0 Å². The van der Waals surface area contributed by atoms with Crippen molar-refractivity contribution in [2.24, 2.45) is 0 Å². The third-order valence-electron chi connectivity index (χ3n) is 2.56. The van der Waals surface area contributed by atoms with Crippen LogP contribution in [-0.2, 0) is 0 Å². The van der Waals surface area contributed by atoms with Gasteiger partial charge in [0.2, 0.25) is 0 Å². The minimum Gasteiger partial charge on any atom is -0.466 e. The molecule has 0 spiro atoms. The fourth-order valence-electron chi connectivity index (χ4n) is 1.76. The molecule has 0 aliphatic heterocycles. The normalized spacial score (nSPS) is 12.4. The number of hydrogen-bond donors (Lipinski definition) is 1. The highest BCUT2D eigenvalue weighted by Crippen LogP contribution is 2.29. The van der Waals surface area contributed by atoms with E-state index in [1.165, 1.54) is 6.20 Å². The highest BCUT2D eigenvalue weighted by molar-refractivity contribution is 7.18. The Morgan fingerprint density at radius 2 is 2.28 bits per heavy atom. The van der Waals surface area contributed by atoms with Crippen LogP contribution in [0.15, 0.2) is 16.7 Å². The van der Waals surface area contributed by atoms with E-state index in [1.54, 1.807) is 0 Å². The van der Waals surface area contributed by atoms with E-state index in [-0.39, 0.29) is 11.0 Å². The molecule has 0 aliphatic rings. The Morgan fingerprint density at radius 3 is 2.78 bits per heavy atom. The van der Waals surface area contributed by atoms with Crippen LogP contribution in [0.2, 0.25) is 0 Å². The van der Waals surface area contributed by atoms with E-state index in [9.17, 15) is 10.1 Å². The van der Waals surface area contributed by atoms with Crippen LogP contribution in [0.1, 0.15) is 30.0 Å². The van der Waals surface area contributed by atoms with Crippen LogP contribution in [0.3, 0.4) is 0 Å². The summed E-state index contributed by atoms with van der Waals surface area (Å²) in [6, 6.07) is 1.95. The summed E-state index contributed by atoms with van der Waals surface area (Å²) in [6.45, 7) is 5.74. The average molecular weight is 267 g/mol. The van der Waals surface area contributed by atoms with Crippen molar-refractivity contribution < 1.29 is 9.34 Å². The van der Waals surface area contributed by atoms with Gasteiger partial charge in [-0.25, -0.2) is 4.98 Å². The molecule has 6 nitrogen and oxygen atoms in total. The third-order valence-corrected chi connectivity index (χ3v) is 3.44. The standard InChI is InChI=1S/C11H13N3O3S/c1-6-4-9(8(3)17-6)7(2)13-11-12-5-10(18-11)14(15)16/h4-5,7H,1-3H3,(H,12,13)/t7-/m1/s1. The molecule has 0 radical (unpaired) electrons. The van der Waals surface area contributed by atoms with E-state index in [4.69, 9.17) is 4.42 Å².